The van der Waals surface area contributed by atoms with Gasteiger partial charge in [-0.1, -0.05) is 12.1 Å². The van der Waals surface area contributed by atoms with Crippen molar-refractivity contribution in [2.75, 3.05) is 7.11 Å². The zero-order valence-electron chi connectivity index (χ0n) is 10.8. The van der Waals surface area contributed by atoms with Crippen molar-refractivity contribution in [3.63, 3.8) is 0 Å². The van der Waals surface area contributed by atoms with Crippen LogP contribution in [-0.4, -0.2) is 24.3 Å². The van der Waals surface area contributed by atoms with E-state index < -0.39 is 5.97 Å². The zero-order valence-corrected chi connectivity index (χ0v) is 10.8. The lowest BCUT2D eigenvalue weighted by Crippen LogP contribution is -2.25. The zero-order chi connectivity index (χ0) is 13.6. The molecule has 3 rings (SSSR count). The number of aromatic hydroxyl groups is 1. The van der Waals surface area contributed by atoms with Gasteiger partial charge in [0, 0.05) is 17.2 Å². The molecule has 2 aromatic rings. The molecule has 1 heterocycles. The Bertz CT molecular complexity index is 675. The molecular formula is C15H14O4. The number of cyclic esters (lactones) is 1. The van der Waals surface area contributed by atoms with Gasteiger partial charge in [0.1, 0.15) is 23.2 Å². The third kappa shape index (κ3) is 1.71. The van der Waals surface area contributed by atoms with E-state index in [0.29, 0.717) is 17.6 Å². The largest absolute Gasteiger partial charge is 0.506 e. The Hall–Kier alpha value is -2.23. The van der Waals surface area contributed by atoms with Crippen molar-refractivity contribution in [1.82, 2.24) is 0 Å². The van der Waals surface area contributed by atoms with Gasteiger partial charge in [0.2, 0.25) is 0 Å². The minimum atomic E-state index is -0.462. The fraction of sp³-hybridized carbons (Fsp3) is 0.267. The van der Waals surface area contributed by atoms with Gasteiger partial charge >= 0.3 is 5.97 Å². The summed E-state index contributed by atoms with van der Waals surface area (Å²) >= 11 is 0. The molecule has 0 bridgehead atoms. The van der Waals surface area contributed by atoms with Gasteiger partial charge in [0.15, 0.2) is 0 Å². The second-order valence-corrected chi connectivity index (χ2v) is 4.73. The third-order valence-electron chi connectivity index (χ3n) is 3.44. The molecule has 0 radical (unpaired) electrons. The fourth-order valence-corrected chi connectivity index (χ4v) is 2.59. The molecule has 0 aromatic heterocycles. The lowest BCUT2D eigenvalue weighted by atomic mass is 9.93. The molecule has 19 heavy (non-hydrogen) atoms. The molecule has 0 spiro atoms. The number of rotatable bonds is 1. The van der Waals surface area contributed by atoms with Gasteiger partial charge in [-0.05, 0) is 24.6 Å². The first-order chi connectivity index (χ1) is 9.11. The highest BCUT2D eigenvalue weighted by molar-refractivity contribution is 6.05. The molecule has 2 aromatic carbocycles. The Balaban J connectivity index is 2.36. The summed E-state index contributed by atoms with van der Waals surface area (Å²) in [5.41, 5.74) is 1.08. The number of fused-ring (bicyclic) bond motifs is 2. The van der Waals surface area contributed by atoms with Crippen molar-refractivity contribution < 1.29 is 19.4 Å². The second-order valence-electron chi connectivity index (χ2n) is 4.73. The van der Waals surface area contributed by atoms with E-state index in [1.54, 1.807) is 19.2 Å². The van der Waals surface area contributed by atoms with E-state index in [1.165, 1.54) is 0 Å². The molecule has 0 saturated carbocycles. The highest BCUT2D eigenvalue weighted by Gasteiger charge is 2.28. The van der Waals surface area contributed by atoms with Crippen molar-refractivity contribution >= 4 is 16.7 Å². The first-order valence-corrected chi connectivity index (χ1v) is 6.14. The predicted molar refractivity (Wildman–Crippen MR) is 70.7 cm³/mol. The Morgan fingerprint density at radius 3 is 2.89 bits per heavy atom. The maximum absolute atomic E-state index is 11.9. The number of phenols is 1. The summed E-state index contributed by atoms with van der Waals surface area (Å²) in [5, 5.41) is 11.7. The molecule has 0 fully saturated rings. The van der Waals surface area contributed by atoms with Gasteiger partial charge in [0.05, 0.1) is 7.11 Å². The predicted octanol–water partition coefficient (Wildman–Crippen LogP) is 2.66. The molecule has 1 aliphatic heterocycles. The van der Waals surface area contributed by atoms with Crippen LogP contribution in [0.2, 0.25) is 0 Å². The van der Waals surface area contributed by atoms with Gasteiger partial charge in [-0.25, -0.2) is 4.79 Å². The number of esters is 1. The first-order valence-electron chi connectivity index (χ1n) is 6.14. The summed E-state index contributed by atoms with van der Waals surface area (Å²) in [7, 11) is 1.59. The number of ether oxygens (including phenoxy) is 2. The molecule has 1 aliphatic rings. The monoisotopic (exact) mass is 258 g/mol. The topological polar surface area (TPSA) is 55.8 Å². The molecule has 1 N–H and O–H groups in total. The number of benzene rings is 2. The molecule has 98 valence electrons. The highest BCUT2D eigenvalue weighted by atomic mass is 16.5. The summed E-state index contributed by atoms with van der Waals surface area (Å²) in [6, 6.07) is 7.28. The second kappa shape index (κ2) is 4.16. The average molecular weight is 258 g/mol. The molecule has 4 nitrogen and oxygen atoms in total. The minimum Gasteiger partial charge on any atom is -0.506 e. The van der Waals surface area contributed by atoms with Crippen LogP contribution in [0.1, 0.15) is 22.8 Å². The van der Waals surface area contributed by atoms with E-state index >= 15 is 0 Å². The number of hydrogen-bond acceptors (Lipinski definition) is 4. The summed E-state index contributed by atoms with van der Waals surface area (Å²) in [6.45, 7) is 1.84. The van der Waals surface area contributed by atoms with Crippen LogP contribution in [0.15, 0.2) is 24.3 Å². The highest BCUT2D eigenvalue weighted by Crippen LogP contribution is 2.38. The third-order valence-corrected chi connectivity index (χ3v) is 3.44. The molecule has 4 heteroatoms. The van der Waals surface area contributed by atoms with Crippen LogP contribution in [0.5, 0.6) is 11.5 Å². The van der Waals surface area contributed by atoms with Crippen molar-refractivity contribution in [2.45, 2.75) is 19.4 Å². The molecule has 0 amide bonds. The molecule has 0 aliphatic carbocycles. The number of phenolic OH excluding ortho intramolecular Hbond substituents is 1. The van der Waals surface area contributed by atoms with Crippen molar-refractivity contribution in [2.24, 2.45) is 0 Å². The summed E-state index contributed by atoms with van der Waals surface area (Å²) in [4.78, 5) is 11.9. The fourth-order valence-electron chi connectivity index (χ4n) is 2.59. The Morgan fingerprint density at radius 1 is 1.37 bits per heavy atom. The summed E-state index contributed by atoms with van der Waals surface area (Å²) in [5.74, 6) is 0.196. The van der Waals surface area contributed by atoms with Crippen molar-refractivity contribution in [3.8, 4) is 11.5 Å². The van der Waals surface area contributed by atoms with Crippen LogP contribution in [0.4, 0.5) is 0 Å². The number of carbonyl (C=O) groups excluding carboxylic acids is 1. The molecule has 1 atom stereocenters. The average Bonchev–Trinajstić information content (AvgIpc) is 2.37. The Kier molecular flexibility index (Phi) is 2.59. The normalized spacial score (nSPS) is 18.0. The van der Waals surface area contributed by atoms with Crippen LogP contribution >= 0.6 is 0 Å². The summed E-state index contributed by atoms with van der Waals surface area (Å²) in [6.07, 6.45) is 0.425. The number of methoxy groups -OCH3 is 1. The van der Waals surface area contributed by atoms with E-state index in [4.69, 9.17) is 9.47 Å². The van der Waals surface area contributed by atoms with E-state index in [9.17, 15) is 9.90 Å². The minimum absolute atomic E-state index is 0.0247. The van der Waals surface area contributed by atoms with Crippen molar-refractivity contribution in [3.05, 3.63) is 35.4 Å². The van der Waals surface area contributed by atoms with E-state index in [2.05, 4.69) is 0 Å². The summed E-state index contributed by atoms with van der Waals surface area (Å²) < 4.78 is 10.5. The molecule has 0 saturated heterocycles. The quantitative estimate of drug-likeness (QED) is 0.799. The lowest BCUT2D eigenvalue weighted by molar-refractivity contribution is 0.0298. The first kappa shape index (κ1) is 11.8. The van der Waals surface area contributed by atoms with Gasteiger partial charge in [-0.15, -0.1) is 0 Å². The number of carbonyl (C=O) groups is 1. The van der Waals surface area contributed by atoms with Crippen LogP contribution in [0.25, 0.3) is 10.8 Å². The van der Waals surface area contributed by atoms with Crippen molar-refractivity contribution in [1.29, 1.82) is 0 Å². The van der Waals surface area contributed by atoms with Crippen LogP contribution in [-0.2, 0) is 11.2 Å². The lowest BCUT2D eigenvalue weighted by Gasteiger charge is -2.23. The molecule has 1 unspecified atom stereocenters. The maximum atomic E-state index is 11.9. The van der Waals surface area contributed by atoms with Gasteiger partial charge in [-0.2, -0.15) is 0 Å². The van der Waals surface area contributed by atoms with Crippen LogP contribution < -0.4 is 4.74 Å². The number of hydrogen-bond donors (Lipinski definition) is 1. The SMILES string of the molecule is COc1cccc2c(O)c3c(cc12)CC(C)OC3=O. The van der Waals surface area contributed by atoms with E-state index in [-0.39, 0.29) is 17.4 Å². The van der Waals surface area contributed by atoms with E-state index in [1.807, 2.05) is 19.1 Å². The van der Waals surface area contributed by atoms with Crippen LogP contribution in [0.3, 0.4) is 0 Å². The van der Waals surface area contributed by atoms with Crippen LogP contribution in [0, 0.1) is 0 Å². The standard InChI is InChI=1S/C15H14O4/c1-8-6-9-7-11-10(4-3-5-12(11)18-2)14(16)13(9)15(17)19-8/h3-5,7-8,16H,6H2,1-2H3. The van der Waals surface area contributed by atoms with Gasteiger partial charge in [0.25, 0.3) is 0 Å². The smallest absolute Gasteiger partial charge is 0.342 e. The van der Waals surface area contributed by atoms with E-state index in [0.717, 1.165) is 10.9 Å². The Morgan fingerprint density at radius 2 is 2.16 bits per heavy atom. The van der Waals surface area contributed by atoms with Gasteiger partial charge in [-0.3, -0.25) is 0 Å². The molecular weight excluding hydrogens is 244 g/mol. The maximum Gasteiger partial charge on any atom is 0.342 e. The Labute approximate surface area is 110 Å². The van der Waals surface area contributed by atoms with Gasteiger partial charge < -0.3 is 14.6 Å².